The maximum atomic E-state index is 12.4. The van der Waals surface area contributed by atoms with Gasteiger partial charge in [-0.2, -0.15) is 0 Å². The van der Waals surface area contributed by atoms with Crippen LogP contribution in [0.1, 0.15) is 13.8 Å². The molecule has 2 rings (SSSR count). The van der Waals surface area contributed by atoms with Crippen molar-refractivity contribution in [2.45, 2.75) is 44.2 Å². The van der Waals surface area contributed by atoms with E-state index in [-0.39, 0.29) is 0 Å². The highest BCUT2D eigenvalue weighted by Crippen LogP contribution is 2.37. The van der Waals surface area contributed by atoms with Crippen molar-refractivity contribution in [2.75, 3.05) is 6.67 Å². The number of hydrogen-bond acceptors (Lipinski definition) is 4. The van der Waals surface area contributed by atoms with Gasteiger partial charge in [0.1, 0.15) is 25.0 Å². The molecule has 0 bridgehead atoms. The van der Waals surface area contributed by atoms with Gasteiger partial charge in [-0.3, -0.25) is 0 Å². The predicted octanol–water partition coefficient (Wildman–Crippen LogP) is 0.193. The number of fused-ring (bicyclic) bond motifs is 1. The van der Waals surface area contributed by atoms with Gasteiger partial charge in [-0.25, -0.2) is 4.39 Å². The molecule has 2 aliphatic rings. The van der Waals surface area contributed by atoms with Gasteiger partial charge in [0.15, 0.2) is 12.1 Å². The minimum absolute atomic E-state index is 0.491. The Morgan fingerprint density at radius 3 is 2.54 bits per heavy atom. The average Bonchev–Trinajstić information content (AvgIpc) is 2.47. The van der Waals surface area contributed by atoms with Crippen LogP contribution >= 0.6 is 0 Å². The van der Waals surface area contributed by atoms with Crippen molar-refractivity contribution in [2.24, 2.45) is 0 Å². The molecule has 76 valence electrons. The third-order valence-electron chi connectivity index (χ3n) is 2.28. The number of alkyl halides is 1. The number of aliphatic hydroxyl groups is 1. The van der Waals surface area contributed by atoms with Crippen molar-refractivity contribution < 1.29 is 23.7 Å². The molecule has 1 unspecified atom stereocenters. The first kappa shape index (κ1) is 9.33. The van der Waals surface area contributed by atoms with Crippen molar-refractivity contribution in [1.82, 2.24) is 0 Å². The Morgan fingerprint density at radius 2 is 1.92 bits per heavy atom. The van der Waals surface area contributed by atoms with Crippen molar-refractivity contribution in [3.8, 4) is 0 Å². The molecule has 0 aromatic heterocycles. The summed E-state index contributed by atoms with van der Waals surface area (Å²) in [6.07, 6.45) is -2.83. The molecule has 2 fully saturated rings. The predicted molar refractivity (Wildman–Crippen MR) is 40.7 cm³/mol. The topological polar surface area (TPSA) is 47.9 Å². The molecule has 2 heterocycles. The lowest BCUT2D eigenvalue weighted by atomic mass is 10.1. The van der Waals surface area contributed by atoms with Gasteiger partial charge in [0.25, 0.3) is 0 Å². The molecule has 4 atom stereocenters. The maximum Gasteiger partial charge on any atom is 0.184 e. The minimum atomic E-state index is -1.08. The van der Waals surface area contributed by atoms with E-state index in [9.17, 15) is 9.50 Å². The van der Waals surface area contributed by atoms with E-state index in [0.717, 1.165) is 0 Å². The van der Waals surface area contributed by atoms with Gasteiger partial charge in [-0.15, -0.1) is 0 Å². The van der Waals surface area contributed by atoms with Crippen LogP contribution in [0.5, 0.6) is 0 Å². The lowest BCUT2D eigenvalue weighted by Gasteiger charge is -2.21. The minimum Gasteiger partial charge on any atom is -0.366 e. The zero-order valence-corrected chi connectivity index (χ0v) is 7.57. The first-order chi connectivity index (χ1) is 6.03. The third kappa shape index (κ3) is 1.46. The van der Waals surface area contributed by atoms with Crippen LogP contribution in [0.3, 0.4) is 0 Å². The van der Waals surface area contributed by atoms with E-state index in [0.29, 0.717) is 0 Å². The Labute approximate surface area is 75.6 Å². The van der Waals surface area contributed by atoms with Crippen LogP contribution in [0.15, 0.2) is 0 Å². The first-order valence-electron chi connectivity index (χ1n) is 4.28. The molecule has 1 N–H and O–H groups in total. The smallest absolute Gasteiger partial charge is 0.184 e. The molecule has 13 heavy (non-hydrogen) atoms. The number of ether oxygens (including phenoxy) is 3. The highest BCUT2D eigenvalue weighted by Gasteiger charge is 2.54. The van der Waals surface area contributed by atoms with Gasteiger partial charge >= 0.3 is 0 Å². The summed E-state index contributed by atoms with van der Waals surface area (Å²) in [5, 5.41) is 9.34. The van der Waals surface area contributed by atoms with E-state index in [4.69, 9.17) is 14.2 Å². The largest absolute Gasteiger partial charge is 0.366 e. The SMILES string of the molecule is CC1(C)O[C@@H]2[C@@H](CF)OC(O)[C@@H]2O1. The summed E-state index contributed by atoms with van der Waals surface area (Å²) < 4.78 is 28.0. The molecule has 5 heteroatoms. The summed E-state index contributed by atoms with van der Waals surface area (Å²) in [5.74, 6) is -0.756. The molecule has 4 nitrogen and oxygen atoms in total. The lowest BCUT2D eigenvalue weighted by molar-refractivity contribution is -0.221. The van der Waals surface area contributed by atoms with Crippen molar-refractivity contribution in [3.63, 3.8) is 0 Å². The van der Waals surface area contributed by atoms with E-state index in [2.05, 4.69) is 0 Å². The molecule has 2 saturated heterocycles. The lowest BCUT2D eigenvalue weighted by Crippen LogP contribution is -2.30. The van der Waals surface area contributed by atoms with Crippen LogP contribution in [0.4, 0.5) is 4.39 Å². The number of rotatable bonds is 1. The van der Waals surface area contributed by atoms with Crippen LogP contribution in [0.2, 0.25) is 0 Å². The summed E-state index contributed by atoms with van der Waals surface area (Å²) >= 11 is 0. The van der Waals surface area contributed by atoms with E-state index in [1.807, 2.05) is 0 Å². The fourth-order valence-corrected chi connectivity index (χ4v) is 1.78. The summed E-state index contributed by atoms with van der Waals surface area (Å²) in [7, 11) is 0. The van der Waals surface area contributed by atoms with Crippen molar-refractivity contribution in [3.05, 3.63) is 0 Å². The molecule has 0 saturated carbocycles. The van der Waals surface area contributed by atoms with Crippen LogP contribution in [-0.2, 0) is 14.2 Å². The second kappa shape index (κ2) is 2.88. The normalized spacial score (nSPS) is 48.0. The van der Waals surface area contributed by atoms with Gasteiger partial charge in [0.05, 0.1) is 0 Å². The van der Waals surface area contributed by atoms with Gasteiger partial charge < -0.3 is 19.3 Å². The van der Waals surface area contributed by atoms with Crippen LogP contribution < -0.4 is 0 Å². The average molecular weight is 192 g/mol. The Bertz CT molecular complexity index is 208. The summed E-state index contributed by atoms with van der Waals surface area (Å²) in [5.41, 5.74) is 0. The standard InChI is InChI=1S/C8H13FO4/c1-8(2)12-5-4(3-9)11-7(10)6(5)13-8/h4-7,10H,3H2,1-2H3/t4-,5-,6-,7?/m1/s1. The maximum absolute atomic E-state index is 12.4. The highest BCUT2D eigenvalue weighted by atomic mass is 19.1. The van der Waals surface area contributed by atoms with Crippen molar-refractivity contribution >= 4 is 0 Å². The van der Waals surface area contributed by atoms with Gasteiger partial charge in [-0.1, -0.05) is 0 Å². The van der Waals surface area contributed by atoms with E-state index < -0.39 is 37.1 Å². The molecule has 0 aliphatic carbocycles. The number of aliphatic hydroxyl groups excluding tert-OH is 1. The number of hydrogen-bond donors (Lipinski definition) is 1. The second-order valence-corrected chi connectivity index (χ2v) is 3.78. The van der Waals surface area contributed by atoms with E-state index >= 15 is 0 Å². The monoisotopic (exact) mass is 192 g/mol. The Hall–Kier alpha value is -0.230. The van der Waals surface area contributed by atoms with Gasteiger partial charge in [-0.05, 0) is 13.8 Å². The molecule has 0 radical (unpaired) electrons. The molecular weight excluding hydrogens is 179 g/mol. The molecular formula is C8H13FO4. The zero-order valence-electron chi connectivity index (χ0n) is 7.57. The summed E-state index contributed by atoms with van der Waals surface area (Å²) in [4.78, 5) is 0. The highest BCUT2D eigenvalue weighted by molar-refractivity contribution is 4.94. The second-order valence-electron chi connectivity index (χ2n) is 3.78. The molecule has 0 spiro atoms. The Morgan fingerprint density at radius 1 is 1.31 bits per heavy atom. The number of halogens is 1. The van der Waals surface area contributed by atoms with Gasteiger partial charge in [0.2, 0.25) is 0 Å². The first-order valence-corrected chi connectivity index (χ1v) is 4.28. The van der Waals surface area contributed by atoms with Crippen molar-refractivity contribution in [1.29, 1.82) is 0 Å². The van der Waals surface area contributed by atoms with Crippen LogP contribution in [-0.4, -0.2) is 42.2 Å². The molecule has 0 aromatic carbocycles. The summed E-state index contributed by atoms with van der Waals surface area (Å²) in [6, 6.07) is 0. The fourth-order valence-electron chi connectivity index (χ4n) is 1.78. The Kier molecular flexibility index (Phi) is 2.07. The Balaban J connectivity index is 2.12. The summed E-state index contributed by atoms with van der Waals surface area (Å²) in [6.45, 7) is 2.79. The molecule has 0 amide bonds. The van der Waals surface area contributed by atoms with Crippen LogP contribution in [0.25, 0.3) is 0 Å². The van der Waals surface area contributed by atoms with E-state index in [1.165, 1.54) is 0 Å². The quantitative estimate of drug-likeness (QED) is 0.644. The van der Waals surface area contributed by atoms with E-state index in [1.54, 1.807) is 13.8 Å². The van der Waals surface area contributed by atoms with Crippen LogP contribution in [0, 0.1) is 0 Å². The zero-order chi connectivity index (χ0) is 9.64. The van der Waals surface area contributed by atoms with Gasteiger partial charge in [0, 0.05) is 0 Å². The fraction of sp³-hybridized carbons (Fsp3) is 1.00. The molecule has 0 aromatic rings. The third-order valence-corrected chi connectivity index (χ3v) is 2.28. The molecule has 2 aliphatic heterocycles.